The maximum absolute atomic E-state index is 12.6. The van der Waals surface area contributed by atoms with Gasteiger partial charge < -0.3 is 20.5 Å². The molecule has 3 rings (SSSR count). The van der Waals surface area contributed by atoms with Gasteiger partial charge in [-0.2, -0.15) is 0 Å². The molecule has 7 nitrogen and oxygen atoms in total. The zero-order valence-electron chi connectivity index (χ0n) is 20.5. The number of carboxylic acid groups (broad SMARTS) is 1. The molecule has 2 aromatic carbocycles. The lowest BCUT2D eigenvalue weighted by Gasteiger charge is -2.29. The van der Waals surface area contributed by atoms with Crippen molar-refractivity contribution in [2.75, 3.05) is 6.61 Å². The van der Waals surface area contributed by atoms with Gasteiger partial charge in [0.2, 0.25) is 5.91 Å². The van der Waals surface area contributed by atoms with Gasteiger partial charge in [-0.3, -0.25) is 4.79 Å². The highest BCUT2D eigenvalue weighted by molar-refractivity contribution is 5.84. The summed E-state index contributed by atoms with van der Waals surface area (Å²) in [5, 5.41) is 14.8. The summed E-state index contributed by atoms with van der Waals surface area (Å²) in [6.07, 6.45) is -0.138. The van der Waals surface area contributed by atoms with Crippen LogP contribution in [0.25, 0.3) is 11.1 Å². The fourth-order valence-corrected chi connectivity index (χ4v) is 4.28. The molecule has 0 radical (unpaired) electrons. The summed E-state index contributed by atoms with van der Waals surface area (Å²) in [5.41, 5.74) is 3.27. The summed E-state index contributed by atoms with van der Waals surface area (Å²) in [5.74, 6) is -1.47. The van der Waals surface area contributed by atoms with Crippen LogP contribution in [0.1, 0.15) is 64.5 Å². The van der Waals surface area contributed by atoms with E-state index in [-0.39, 0.29) is 24.9 Å². The van der Waals surface area contributed by atoms with Crippen molar-refractivity contribution in [2.24, 2.45) is 5.41 Å². The van der Waals surface area contributed by atoms with E-state index in [2.05, 4.69) is 34.9 Å². The largest absolute Gasteiger partial charge is 0.480 e. The van der Waals surface area contributed by atoms with Crippen LogP contribution in [-0.2, 0) is 14.3 Å². The van der Waals surface area contributed by atoms with Crippen molar-refractivity contribution in [3.8, 4) is 11.1 Å². The Kier molecular flexibility index (Phi) is 7.34. The molecule has 0 saturated carbocycles. The first-order valence-corrected chi connectivity index (χ1v) is 11.5. The first-order valence-electron chi connectivity index (χ1n) is 11.5. The van der Waals surface area contributed by atoms with Crippen molar-refractivity contribution in [2.45, 2.75) is 65.0 Å². The Morgan fingerprint density at radius 1 is 0.941 bits per heavy atom. The summed E-state index contributed by atoms with van der Waals surface area (Å²) in [6.45, 7) is 9.10. The molecule has 0 fully saturated rings. The molecule has 0 heterocycles. The third kappa shape index (κ3) is 5.95. The predicted molar refractivity (Wildman–Crippen MR) is 131 cm³/mol. The Morgan fingerprint density at radius 2 is 1.47 bits per heavy atom. The second-order valence-corrected chi connectivity index (χ2v) is 10.5. The lowest BCUT2D eigenvalue weighted by Crippen LogP contribution is -2.50. The summed E-state index contributed by atoms with van der Waals surface area (Å²) in [4.78, 5) is 36.4. The van der Waals surface area contributed by atoms with Crippen molar-refractivity contribution in [1.29, 1.82) is 0 Å². The van der Waals surface area contributed by atoms with Crippen LogP contribution in [0.15, 0.2) is 48.5 Å². The van der Waals surface area contributed by atoms with E-state index >= 15 is 0 Å². The molecule has 3 N–H and O–H groups in total. The minimum Gasteiger partial charge on any atom is -0.480 e. The van der Waals surface area contributed by atoms with Gasteiger partial charge in [-0.25, -0.2) is 9.59 Å². The highest BCUT2D eigenvalue weighted by Crippen LogP contribution is 2.44. The predicted octanol–water partition coefficient (Wildman–Crippen LogP) is 4.70. The fraction of sp³-hybridized carbons (Fsp3) is 0.444. The number of hydrogen-bond donors (Lipinski definition) is 3. The van der Waals surface area contributed by atoms with Crippen LogP contribution >= 0.6 is 0 Å². The van der Waals surface area contributed by atoms with Gasteiger partial charge >= 0.3 is 12.1 Å². The van der Waals surface area contributed by atoms with Crippen molar-refractivity contribution in [1.82, 2.24) is 10.6 Å². The number of hydrogen-bond acceptors (Lipinski definition) is 4. The molecule has 0 bridgehead atoms. The molecule has 0 spiro atoms. The van der Waals surface area contributed by atoms with Gasteiger partial charge in [0.15, 0.2) is 0 Å². The smallest absolute Gasteiger partial charge is 0.407 e. The van der Waals surface area contributed by atoms with E-state index in [1.165, 1.54) is 0 Å². The molecule has 182 valence electrons. The number of aliphatic carboxylic acids is 1. The van der Waals surface area contributed by atoms with E-state index in [9.17, 15) is 19.5 Å². The molecule has 2 amide bonds. The van der Waals surface area contributed by atoms with E-state index < -0.39 is 29.1 Å². The Bertz CT molecular complexity index is 1030. The number of alkyl carbamates (subject to hydrolysis) is 1. The van der Waals surface area contributed by atoms with Crippen LogP contribution < -0.4 is 10.6 Å². The molecule has 0 unspecified atom stereocenters. The summed E-state index contributed by atoms with van der Waals surface area (Å²) in [7, 11) is 0. The number of ether oxygens (including phenoxy) is 1. The van der Waals surface area contributed by atoms with Crippen molar-refractivity contribution >= 4 is 18.0 Å². The van der Waals surface area contributed by atoms with Crippen LogP contribution in [0.5, 0.6) is 0 Å². The van der Waals surface area contributed by atoms with Gasteiger partial charge in [0.05, 0.1) is 0 Å². The summed E-state index contributed by atoms with van der Waals surface area (Å²) >= 11 is 0. The lowest BCUT2D eigenvalue weighted by atomic mass is 9.86. The SMILES string of the molecule is CC(C)(CCC(=O)N[C@@H](C(=O)O)C(C)(C)C)NC(=O)OCC1c2ccccc2-c2ccccc21. The van der Waals surface area contributed by atoms with Crippen molar-refractivity contribution in [3.05, 3.63) is 59.7 Å². The van der Waals surface area contributed by atoms with E-state index in [0.29, 0.717) is 6.42 Å². The number of carbonyl (C=O) groups is 3. The Balaban J connectivity index is 1.54. The van der Waals surface area contributed by atoms with Crippen LogP contribution in [0.4, 0.5) is 4.79 Å². The topological polar surface area (TPSA) is 105 Å². The highest BCUT2D eigenvalue weighted by Gasteiger charge is 2.33. The minimum absolute atomic E-state index is 0.0302. The van der Waals surface area contributed by atoms with Crippen LogP contribution in [0, 0.1) is 5.41 Å². The first kappa shape index (κ1) is 25.3. The molecular weight excluding hydrogens is 432 g/mol. The van der Waals surface area contributed by atoms with Gasteiger partial charge in [0, 0.05) is 17.9 Å². The summed E-state index contributed by atoms with van der Waals surface area (Å²) < 4.78 is 5.59. The first-order chi connectivity index (χ1) is 15.9. The maximum atomic E-state index is 12.6. The lowest BCUT2D eigenvalue weighted by molar-refractivity contribution is -0.145. The standard InChI is InChI=1S/C27H34N2O5/c1-26(2,3)23(24(31)32)28-22(30)14-15-27(4,5)29-25(33)34-16-21-19-12-8-6-10-17(19)18-11-7-9-13-20(18)21/h6-13,21,23H,14-16H2,1-5H3,(H,28,30)(H,29,33)(H,31,32)/t23-/m0/s1. The molecule has 0 aliphatic heterocycles. The highest BCUT2D eigenvalue weighted by atomic mass is 16.5. The van der Waals surface area contributed by atoms with Gasteiger partial charge in [-0.05, 0) is 47.9 Å². The Hall–Kier alpha value is -3.35. The van der Waals surface area contributed by atoms with E-state index in [0.717, 1.165) is 22.3 Å². The second kappa shape index (κ2) is 9.87. The molecule has 1 aliphatic carbocycles. The Morgan fingerprint density at radius 3 is 1.97 bits per heavy atom. The molecule has 7 heteroatoms. The third-order valence-corrected chi connectivity index (χ3v) is 6.18. The zero-order chi connectivity index (χ0) is 25.1. The molecule has 2 aromatic rings. The molecule has 0 saturated heterocycles. The van der Waals surface area contributed by atoms with Gasteiger partial charge in [-0.1, -0.05) is 69.3 Å². The van der Waals surface area contributed by atoms with Gasteiger partial charge in [-0.15, -0.1) is 0 Å². The number of carbonyl (C=O) groups excluding carboxylic acids is 2. The van der Waals surface area contributed by atoms with Crippen LogP contribution in [0.2, 0.25) is 0 Å². The number of benzene rings is 2. The average molecular weight is 467 g/mol. The molecule has 1 aliphatic rings. The molecular formula is C27H34N2O5. The van der Waals surface area contributed by atoms with Gasteiger partial charge in [0.1, 0.15) is 12.6 Å². The van der Waals surface area contributed by atoms with E-state index in [4.69, 9.17) is 4.74 Å². The second-order valence-electron chi connectivity index (χ2n) is 10.5. The average Bonchev–Trinajstić information content (AvgIpc) is 3.07. The van der Waals surface area contributed by atoms with Crippen molar-refractivity contribution < 1.29 is 24.2 Å². The van der Waals surface area contributed by atoms with Crippen molar-refractivity contribution in [3.63, 3.8) is 0 Å². The zero-order valence-corrected chi connectivity index (χ0v) is 20.5. The third-order valence-electron chi connectivity index (χ3n) is 6.18. The minimum atomic E-state index is -1.07. The molecule has 0 aromatic heterocycles. The van der Waals surface area contributed by atoms with Crippen LogP contribution in [-0.4, -0.2) is 41.3 Å². The van der Waals surface area contributed by atoms with E-state index in [1.807, 2.05) is 24.3 Å². The number of fused-ring (bicyclic) bond motifs is 3. The monoisotopic (exact) mass is 466 g/mol. The Labute approximate surface area is 200 Å². The number of rotatable bonds is 8. The quantitative estimate of drug-likeness (QED) is 0.523. The maximum Gasteiger partial charge on any atom is 0.407 e. The number of carboxylic acids is 1. The number of nitrogens with one attached hydrogen (secondary N) is 2. The molecule has 34 heavy (non-hydrogen) atoms. The summed E-state index contributed by atoms with van der Waals surface area (Å²) in [6, 6.07) is 15.3. The fourth-order valence-electron chi connectivity index (χ4n) is 4.28. The van der Waals surface area contributed by atoms with Gasteiger partial charge in [0.25, 0.3) is 0 Å². The number of amides is 2. The molecule has 1 atom stereocenters. The van der Waals surface area contributed by atoms with Crippen LogP contribution in [0.3, 0.4) is 0 Å². The van der Waals surface area contributed by atoms with E-state index in [1.54, 1.807) is 34.6 Å². The normalized spacial score (nSPS) is 14.0.